The number of rotatable bonds is 10. The molecule has 5 nitrogen and oxygen atoms in total. The van der Waals surface area contributed by atoms with Gasteiger partial charge in [0.1, 0.15) is 11.3 Å². The second kappa shape index (κ2) is 11.6. The summed E-state index contributed by atoms with van der Waals surface area (Å²) < 4.78 is 13.6. The van der Waals surface area contributed by atoms with E-state index in [9.17, 15) is 14.0 Å². The molecule has 4 rings (SSSR count). The third-order valence-electron chi connectivity index (χ3n) is 7.52. The average Bonchev–Trinajstić information content (AvgIpc) is 3.15. The van der Waals surface area contributed by atoms with Crippen LogP contribution < -0.4 is 16.4 Å². The smallest absolute Gasteiger partial charge is 0.235 e. The topological polar surface area (TPSA) is 84.2 Å². The number of amides is 2. The van der Waals surface area contributed by atoms with Gasteiger partial charge in [-0.3, -0.25) is 9.59 Å². The van der Waals surface area contributed by atoms with E-state index < -0.39 is 11.3 Å². The van der Waals surface area contributed by atoms with E-state index in [1.54, 1.807) is 0 Å². The monoisotopic (exact) mass is 497 g/mol. The van der Waals surface area contributed by atoms with Crippen molar-refractivity contribution in [2.24, 2.45) is 11.7 Å². The minimum atomic E-state index is -1.19. The fraction of sp³-hybridized carbons (Fsp3) is 0.500. The SMILES string of the molecule is NC1CCCC(C(=O)NCCCCCC2(C(=O)NCC(F)P)c3ccccc3-c3ccccc32)C1. The van der Waals surface area contributed by atoms with Crippen LogP contribution in [0.15, 0.2) is 48.5 Å². The van der Waals surface area contributed by atoms with Crippen molar-refractivity contribution in [2.45, 2.75) is 68.7 Å². The van der Waals surface area contributed by atoms with E-state index in [4.69, 9.17) is 5.73 Å². The first-order valence-corrected chi connectivity index (χ1v) is 13.5. The minimum Gasteiger partial charge on any atom is -0.356 e. The summed E-state index contributed by atoms with van der Waals surface area (Å²) in [6.45, 7) is 0.597. The Bertz CT molecular complexity index is 999. The summed E-state index contributed by atoms with van der Waals surface area (Å²) in [4.78, 5) is 26.1. The number of nitrogens with one attached hydrogen (secondary N) is 2. The molecule has 0 aromatic heterocycles. The highest BCUT2D eigenvalue weighted by Gasteiger charge is 2.48. The van der Waals surface area contributed by atoms with Crippen LogP contribution in [0.5, 0.6) is 0 Å². The van der Waals surface area contributed by atoms with Crippen LogP contribution in [-0.4, -0.2) is 36.9 Å². The Hall–Kier alpha value is -2.30. The third kappa shape index (κ3) is 5.59. The molecule has 188 valence electrons. The van der Waals surface area contributed by atoms with Gasteiger partial charge in [-0.05, 0) is 54.4 Å². The highest BCUT2D eigenvalue weighted by Crippen LogP contribution is 2.51. The number of carbonyl (C=O) groups is 2. The second-order valence-corrected chi connectivity index (χ2v) is 10.7. The summed E-state index contributed by atoms with van der Waals surface area (Å²) in [5.74, 6) is -1.19. The van der Waals surface area contributed by atoms with E-state index in [1.165, 1.54) is 0 Å². The van der Waals surface area contributed by atoms with Crippen LogP contribution in [0.2, 0.25) is 0 Å². The van der Waals surface area contributed by atoms with Gasteiger partial charge in [-0.15, -0.1) is 0 Å². The Balaban J connectivity index is 1.42. The maximum absolute atomic E-state index is 13.7. The van der Waals surface area contributed by atoms with Crippen LogP contribution in [0, 0.1) is 5.92 Å². The summed E-state index contributed by atoms with van der Waals surface area (Å²) in [6.07, 6.45) is 6.92. The van der Waals surface area contributed by atoms with E-state index in [2.05, 4.69) is 32.0 Å². The number of fused-ring (bicyclic) bond motifs is 3. The Morgan fingerprint density at radius 3 is 2.29 bits per heavy atom. The molecule has 1 saturated carbocycles. The number of alkyl halides is 1. The van der Waals surface area contributed by atoms with Gasteiger partial charge in [-0.2, -0.15) is 0 Å². The van der Waals surface area contributed by atoms with Gasteiger partial charge in [0.25, 0.3) is 0 Å². The van der Waals surface area contributed by atoms with Gasteiger partial charge < -0.3 is 16.4 Å². The number of unbranched alkanes of at least 4 members (excludes halogenated alkanes) is 2. The van der Waals surface area contributed by atoms with E-state index in [1.807, 2.05) is 36.4 Å². The fourth-order valence-corrected chi connectivity index (χ4v) is 5.93. The zero-order valence-electron chi connectivity index (χ0n) is 20.3. The highest BCUT2D eigenvalue weighted by molar-refractivity contribution is 7.17. The van der Waals surface area contributed by atoms with Crippen molar-refractivity contribution in [2.75, 3.05) is 13.1 Å². The second-order valence-electron chi connectivity index (χ2n) is 9.95. The molecule has 2 aromatic rings. The Morgan fingerprint density at radius 1 is 1.00 bits per heavy atom. The molecule has 0 aliphatic heterocycles. The van der Waals surface area contributed by atoms with Crippen LogP contribution in [0.1, 0.15) is 62.5 Å². The number of benzene rings is 2. The summed E-state index contributed by atoms with van der Waals surface area (Å²) in [7, 11) is 2.10. The van der Waals surface area contributed by atoms with Gasteiger partial charge in [-0.25, -0.2) is 4.39 Å². The lowest BCUT2D eigenvalue weighted by molar-refractivity contribution is -0.126. The lowest BCUT2D eigenvalue weighted by Gasteiger charge is -2.31. The molecule has 7 heteroatoms. The van der Waals surface area contributed by atoms with Crippen LogP contribution in [0.3, 0.4) is 0 Å². The molecular weight excluding hydrogens is 460 g/mol. The molecule has 2 aromatic carbocycles. The van der Waals surface area contributed by atoms with E-state index >= 15 is 0 Å². The molecule has 4 atom stereocenters. The maximum atomic E-state index is 13.7. The normalized spacial score (nSPS) is 21.0. The quantitative estimate of drug-likeness (QED) is 0.335. The van der Waals surface area contributed by atoms with Crippen LogP contribution >= 0.6 is 9.24 Å². The first-order valence-electron chi connectivity index (χ1n) is 12.8. The molecule has 4 unspecified atom stereocenters. The number of nitrogens with two attached hydrogens (primary N) is 1. The zero-order chi connectivity index (χ0) is 24.8. The molecule has 0 radical (unpaired) electrons. The van der Waals surface area contributed by atoms with Crippen molar-refractivity contribution in [1.82, 2.24) is 10.6 Å². The van der Waals surface area contributed by atoms with Crippen molar-refractivity contribution in [1.29, 1.82) is 0 Å². The van der Waals surface area contributed by atoms with Crippen molar-refractivity contribution in [3.05, 3.63) is 59.7 Å². The third-order valence-corrected chi connectivity index (χ3v) is 7.76. The van der Waals surface area contributed by atoms with Crippen molar-refractivity contribution in [3.63, 3.8) is 0 Å². The van der Waals surface area contributed by atoms with Crippen molar-refractivity contribution in [3.8, 4) is 11.1 Å². The van der Waals surface area contributed by atoms with Gasteiger partial charge in [0, 0.05) is 18.5 Å². The molecule has 0 saturated heterocycles. The predicted molar refractivity (Wildman–Crippen MR) is 142 cm³/mol. The molecule has 0 heterocycles. The Labute approximate surface area is 210 Å². The largest absolute Gasteiger partial charge is 0.356 e. The van der Waals surface area contributed by atoms with Crippen LogP contribution in [-0.2, 0) is 15.0 Å². The first kappa shape index (κ1) is 25.8. The molecule has 1 fully saturated rings. The lowest BCUT2D eigenvalue weighted by atomic mass is 9.73. The molecule has 2 amide bonds. The van der Waals surface area contributed by atoms with Crippen molar-refractivity contribution >= 4 is 21.1 Å². The number of carbonyl (C=O) groups excluding carboxylic acids is 2. The number of halogens is 1. The highest BCUT2D eigenvalue weighted by atomic mass is 31.0. The van der Waals surface area contributed by atoms with Gasteiger partial charge in [0.05, 0.1) is 6.54 Å². The molecular formula is C28H37FN3O2P. The van der Waals surface area contributed by atoms with Crippen LogP contribution in [0.4, 0.5) is 4.39 Å². The standard InChI is InChI=1S/C28H37FN3O2P/c29-25(35)18-32-27(34)28(23-13-4-2-11-21(23)22-12-3-5-14-24(22)28)15-6-1-7-16-31-26(33)19-9-8-10-20(30)17-19/h2-5,11-14,19-20,25H,1,6-10,15-18,30,35H2,(H,31,33)(H,32,34). The fourth-order valence-electron chi connectivity index (χ4n) is 5.81. The molecule has 0 spiro atoms. The first-order chi connectivity index (χ1) is 16.9. The van der Waals surface area contributed by atoms with E-state index in [0.717, 1.165) is 67.2 Å². The zero-order valence-corrected chi connectivity index (χ0v) is 21.4. The van der Waals surface area contributed by atoms with Gasteiger partial charge in [0.2, 0.25) is 11.8 Å². The maximum Gasteiger partial charge on any atom is 0.235 e. The summed E-state index contributed by atoms with van der Waals surface area (Å²) in [6, 6.07) is 16.2. The lowest BCUT2D eigenvalue weighted by Crippen LogP contribution is -2.45. The number of hydrogen-bond acceptors (Lipinski definition) is 3. The molecule has 2 aliphatic carbocycles. The van der Waals surface area contributed by atoms with Gasteiger partial charge in [-0.1, -0.05) is 77.0 Å². The van der Waals surface area contributed by atoms with Gasteiger partial charge >= 0.3 is 0 Å². The Morgan fingerprint density at radius 2 is 1.66 bits per heavy atom. The minimum absolute atomic E-state index is 0.0353. The summed E-state index contributed by atoms with van der Waals surface area (Å²) in [5.41, 5.74) is 9.29. The molecule has 2 aliphatic rings. The average molecular weight is 498 g/mol. The molecule has 0 bridgehead atoms. The molecule has 35 heavy (non-hydrogen) atoms. The van der Waals surface area contributed by atoms with E-state index in [-0.39, 0.29) is 30.3 Å². The molecule has 4 N–H and O–H groups in total. The Kier molecular flexibility index (Phi) is 8.56. The predicted octanol–water partition coefficient (Wildman–Crippen LogP) is 4.43. The number of hydrogen-bond donors (Lipinski definition) is 3. The summed E-state index contributed by atoms with van der Waals surface area (Å²) >= 11 is 0. The van der Waals surface area contributed by atoms with Gasteiger partial charge in [0.15, 0.2) is 0 Å². The van der Waals surface area contributed by atoms with E-state index in [0.29, 0.717) is 13.0 Å². The summed E-state index contributed by atoms with van der Waals surface area (Å²) in [5, 5.41) is 5.93. The van der Waals surface area contributed by atoms with Crippen LogP contribution in [0.25, 0.3) is 11.1 Å². The van der Waals surface area contributed by atoms with Crippen molar-refractivity contribution < 1.29 is 14.0 Å².